The maximum Gasteiger partial charge on any atom is 0.212 e. The summed E-state index contributed by atoms with van der Waals surface area (Å²) in [4.78, 5) is 6.19. The summed E-state index contributed by atoms with van der Waals surface area (Å²) in [5.41, 5.74) is 8.47. The van der Waals surface area contributed by atoms with Crippen LogP contribution in [0, 0.1) is 12.9 Å². The van der Waals surface area contributed by atoms with Crippen LogP contribution in [-0.2, 0) is 13.0 Å². The van der Waals surface area contributed by atoms with Gasteiger partial charge in [-0.15, -0.1) is 0 Å². The van der Waals surface area contributed by atoms with E-state index >= 15 is 0 Å². The lowest BCUT2D eigenvalue weighted by Gasteiger charge is -2.24. The number of rotatable bonds is 2. The van der Waals surface area contributed by atoms with Gasteiger partial charge in [-0.2, -0.15) is 4.39 Å². The van der Waals surface area contributed by atoms with E-state index in [1.165, 1.54) is 33.8 Å². The molecule has 0 aliphatic carbocycles. The van der Waals surface area contributed by atoms with Crippen molar-refractivity contribution in [2.75, 3.05) is 13.6 Å². The van der Waals surface area contributed by atoms with Crippen molar-refractivity contribution in [2.45, 2.75) is 19.9 Å². The standard InChI is InChI=1S/C24H22FN3/c1-16-6-8-22-20(12-16)21-15-27(2)11-10-23(21)28(22)19-5-3-4-17(13-19)18-7-9-24(25)26-14-18/h3-9,12-14H,10-11,15H2,1-2H3. The van der Waals surface area contributed by atoms with Crippen LogP contribution in [0.1, 0.15) is 16.8 Å². The van der Waals surface area contributed by atoms with E-state index in [9.17, 15) is 4.39 Å². The van der Waals surface area contributed by atoms with Gasteiger partial charge in [0.05, 0.1) is 5.52 Å². The van der Waals surface area contributed by atoms with Crippen molar-refractivity contribution >= 4 is 10.9 Å². The second-order valence-electron chi connectivity index (χ2n) is 7.69. The van der Waals surface area contributed by atoms with Gasteiger partial charge in [0.2, 0.25) is 5.95 Å². The van der Waals surface area contributed by atoms with Crippen molar-refractivity contribution in [3.63, 3.8) is 0 Å². The molecule has 0 saturated heterocycles. The fourth-order valence-electron chi connectivity index (χ4n) is 4.27. The van der Waals surface area contributed by atoms with Crippen LogP contribution < -0.4 is 0 Å². The summed E-state index contributed by atoms with van der Waals surface area (Å²) in [5.74, 6) is -0.454. The molecule has 1 aliphatic rings. The number of benzene rings is 2. The Morgan fingerprint density at radius 3 is 2.71 bits per heavy atom. The lowest BCUT2D eigenvalue weighted by molar-refractivity contribution is 0.311. The summed E-state index contributed by atoms with van der Waals surface area (Å²) in [6.07, 6.45) is 2.62. The topological polar surface area (TPSA) is 21.1 Å². The van der Waals surface area contributed by atoms with Crippen molar-refractivity contribution in [3.05, 3.63) is 83.6 Å². The lowest BCUT2D eigenvalue weighted by Crippen LogP contribution is -2.27. The van der Waals surface area contributed by atoms with Gasteiger partial charge >= 0.3 is 0 Å². The predicted octanol–water partition coefficient (Wildman–Crippen LogP) is 5.13. The third-order valence-corrected chi connectivity index (χ3v) is 5.66. The van der Waals surface area contributed by atoms with E-state index in [1.807, 2.05) is 0 Å². The number of hydrogen-bond donors (Lipinski definition) is 0. The Kier molecular flexibility index (Phi) is 4.02. The first kappa shape index (κ1) is 17.1. The van der Waals surface area contributed by atoms with Gasteiger partial charge in [-0.3, -0.25) is 0 Å². The summed E-state index contributed by atoms with van der Waals surface area (Å²) < 4.78 is 15.6. The highest BCUT2D eigenvalue weighted by Gasteiger charge is 2.23. The molecule has 3 nitrogen and oxygen atoms in total. The molecule has 0 radical (unpaired) electrons. The van der Waals surface area contributed by atoms with Crippen LogP contribution in [0.15, 0.2) is 60.8 Å². The molecule has 0 unspecified atom stereocenters. The molecule has 5 rings (SSSR count). The van der Waals surface area contributed by atoms with E-state index in [0.29, 0.717) is 0 Å². The monoisotopic (exact) mass is 371 g/mol. The second-order valence-corrected chi connectivity index (χ2v) is 7.69. The zero-order valence-corrected chi connectivity index (χ0v) is 16.1. The fraction of sp³-hybridized carbons (Fsp3) is 0.208. The van der Waals surface area contributed by atoms with Crippen LogP contribution in [0.5, 0.6) is 0 Å². The number of halogens is 1. The van der Waals surface area contributed by atoms with Crippen molar-refractivity contribution < 1.29 is 4.39 Å². The summed E-state index contributed by atoms with van der Waals surface area (Å²) in [6, 6.07) is 18.3. The Bertz CT molecular complexity index is 1170. The third-order valence-electron chi connectivity index (χ3n) is 5.66. The molecule has 28 heavy (non-hydrogen) atoms. The van der Waals surface area contributed by atoms with Gasteiger partial charge < -0.3 is 9.47 Å². The molecule has 1 aliphatic heterocycles. The molecule has 0 atom stereocenters. The maximum atomic E-state index is 13.2. The van der Waals surface area contributed by atoms with Gasteiger partial charge in [0.1, 0.15) is 0 Å². The second kappa shape index (κ2) is 6.57. The minimum Gasteiger partial charge on any atom is -0.313 e. The van der Waals surface area contributed by atoms with E-state index in [4.69, 9.17) is 0 Å². The Labute approximate surface area is 164 Å². The molecule has 4 heteroatoms. The van der Waals surface area contributed by atoms with Crippen molar-refractivity contribution in [1.29, 1.82) is 0 Å². The quantitative estimate of drug-likeness (QED) is 0.456. The lowest BCUT2D eigenvalue weighted by atomic mass is 10.0. The van der Waals surface area contributed by atoms with Crippen LogP contribution in [0.25, 0.3) is 27.7 Å². The van der Waals surface area contributed by atoms with Gasteiger partial charge in [-0.1, -0.05) is 23.8 Å². The molecule has 0 bridgehead atoms. The molecule has 0 amide bonds. The number of fused-ring (bicyclic) bond motifs is 3. The summed E-state index contributed by atoms with van der Waals surface area (Å²) in [5, 5.41) is 1.34. The van der Waals surface area contributed by atoms with Crippen molar-refractivity contribution in [2.24, 2.45) is 0 Å². The molecule has 140 valence electrons. The molecule has 4 aromatic rings. The van der Waals surface area contributed by atoms with Gasteiger partial charge in [-0.05, 0) is 61.5 Å². The first-order valence-corrected chi connectivity index (χ1v) is 9.64. The van der Waals surface area contributed by atoms with Crippen molar-refractivity contribution in [3.8, 4) is 16.8 Å². The van der Waals surface area contributed by atoms with Crippen LogP contribution >= 0.6 is 0 Å². The average Bonchev–Trinajstić information content (AvgIpc) is 3.01. The SMILES string of the molecule is Cc1ccc2c(c1)c1c(n2-c2cccc(-c3ccc(F)nc3)c2)CCN(C)C1. The number of hydrogen-bond acceptors (Lipinski definition) is 2. The highest BCUT2D eigenvalue weighted by atomic mass is 19.1. The zero-order valence-electron chi connectivity index (χ0n) is 16.1. The highest BCUT2D eigenvalue weighted by molar-refractivity contribution is 5.88. The average molecular weight is 371 g/mol. The molecule has 3 heterocycles. The third kappa shape index (κ3) is 2.81. The molecular formula is C24H22FN3. The van der Waals surface area contributed by atoms with E-state index in [1.54, 1.807) is 12.3 Å². The van der Waals surface area contributed by atoms with E-state index in [2.05, 4.69) is 70.9 Å². The van der Waals surface area contributed by atoms with Crippen molar-refractivity contribution in [1.82, 2.24) is 14.5 Å². The molecular weight excluding hydrogens is 349 g/mol. The number of aryl methyl sites for hydroxylation is 1. The first-order chi connectivity index (χ1) is 13.6. The van der Waals surface area contributed by atoms with E-state index in [-0.39, 0.29) is 0 Å². The first-order valence-electron chi connectivity index (χ1n) is 9.64. The van der Waals surface area contributed by atoms with E-state index in [0.717, 1.165) is 36.3 Å². The number of aromatic nitrogens is 2. The Morgan fingerprint density at radius 2 is 1.89 bits per heavy atom. The molecule has 0 spiro atoms. The summed E-state index contributed by atoms with van der Waals surface area (Å²) in [6.45, 7) is 4.19. The number of likely N-dealkylation sites (N-methyl/N-ethyl adjacent to an activating group) is 1. The molecule has 2 aromatic carbocycles. The molecule has 0 N–H and O–H groups in total. The largest absolute Gasteiger partial charge is 0.313 e. The fourth-order valence-corrected chi connectivity index (χ4v) is 4.27. The smallest absolute Gasteiger partial charge is 0.212 e. The van der Waals surface area contributed by atoms with Crippen LogP contribution in [0.3, 0.4) is 0 Å². The van der Waals surface area contributed by atoms with Gasteiger partial charge in [-0.25, -0.2) is 4.98 Å². The molecule has 0 saturated carbocycles. The van der Waals surface area contributed by atoms with Gasteiger partial charge in [0.25, 0.3) is 0 Å². The minimum absolute atomic E-state index is 0.454. The van der Waals surface area contributed by atoms with Crippen LogP contribution in [0.4, 0.5) is 4.39 Å². The summed E-state index contributed by atoms with van der Waals surface area (Å²) in [7, 11) is 2.18. The Hall–Kier alpha value is -2.98. The van der Waals surface area contributed by atoms with Gasteiger partial charge in [0.15, 0.2) is 0 Å². The summed E-state index contributed by atoms with van der Waals surface area (Å²) >= 11 is 0. The highest BCUT2D eigenvalue weighted by Crippen LogP contribution is 2.34. The van der Waals surface area contributed by atoms with Crippen LogP contribution in [-0.4, -0.2) is 28.0 Å². The van der Waals surface area contributed by atoms with E-state index < -0.39 is 5.95 Å². The van der Waals surface area contributed by atoms with Crippen LogP contribution in [0.2, 0.25) is 0 Å². The Morgan fingerprint density at radius 1 is 1.00 bits per heavy atom. The molecule has 0 fully saturated rings. The molecule has 2 aromatic heterocycles. The zero-order chi connectivity index (χ0) is 19.3. The Balaban J connectivity index is 1.72. The van der Waals surface area contributed by atoms with Gasteiger partial charge in [0, 0.05) is 48.0 Å². The maximum absolute atomic E-state index is 13.2. The number of pyridine rings is 1. The normalized spacial score (nSPS) is 14.4. The predicted molar refractivity (Wildman–Crippen MR) is 111 cm³/mol. The number of nitrogens with zero attached hydrogens (tertiary/aromatic N) is 3. The minimum atomic E-state index is -0.454.